The van der Waals surface area contributed by atoms with Gasteiger partial charge >= 0.3 is 0 Å². The van der Waals surface area contributed by atoms with Gasteiger partial charge in [0.25, 0.3) is 0 Å². The van der Waals surface area contributed by atoms with E-state index in [-0.39, 0.29) is 5.75 Å². The molecule has 3 N–H and O–H groups in total. The maximum Gasteiger partial charge on any atom is 0.125 e. The zero-order valence-electron chi connectivity index (χ0n) is 7.50. The van der Waals surface area contributed by atoms with Gasteiger partial charge < -0.3 is 10.8 Å². The van der Waals surface area contributed by atoms with Crippen molar-refractivity contribution in [1.82, 2.24) is 0 Å². The second kappa shape index (κ2) is 3.48. The van der Waals surface area contributed by atoms with Gasteiger partial charge in [-0.1, -0.05) is 23.7 Å². The van der Waals surface area contributed by atoms with Crippen LogP contribution in [0.4, 0.5) is 0 Å². The number of nitrogens with two attached hydrogens (primary N) is 1. The van der Waals surface area contributed by atoms with Crippen LogP contribution in [0.15, 0.2) is 30.3 Å². The summed E-state index contributed by atoms with van der Waals surface area (Å²) < 4.78 is 0. The van der Waals surface area contributed by atoms with E-state index < -0.39 is 0 Å². The van der Waals surface area contributed by atoms with Gasteiger partial charge in [-0.25, -0.2) is 0 Å². The Morgan fingerprint density at radius 1 is 1.29 bits per heavy atom. The van der Waals surface area contributed by atoms with E-state index in [0.29, 0.717) is 17.0 Å². The summed E-state index contributed by atoms with van der Waals surface area (Å²) in [5, 5.41) is 11.9. The molecule has 2 nitrogen and oxygen atoms in total. The summed E-state index contributed by atoms with van der Waals surface area (Å²) in [6.07, 6.45) is 0. The molecule has 0 amide bonds. The molecule has 0 aliphatic carbocycles. The fraction of sp³-hybridized carbons (Fsp3) is 0.0909. The Balaban J connectivity index is 2.83. The molecule has 2 aromatic rings. The van der Waals surface area contributed by atoms with Gasteiger partial charge in [-0.15, -0.1) is 0 Å². The average Bonchev–Trinajstić information content (AvgIpc) is 2.17. The SMILES string of the molecule is NCc1cc(O)c2c(Cl)cccc2c1. The van der Waals surface area contributed by atoms with Crippen LogP contribution in [0.3, 0.4) is 0 Å². The number of phenols is 1. The molecule has 0 aromatic heterocycles. The molecule has 2 aromatic carbocycles. The van der Waals surface area contributed by atoms with Crippen molar-refractivity contribution in [2.24, 2.45) is 5.73 Å². The molecule has 0 heterocycles. The van der Waals surface area contributed by atoms with Crippen LogP contribution in [-0.2, 0) is 6.54 Å². The molecule has 0 spiro atoms. The van der Waals surface area contributed by atoms with Crippen LogP contribution < -0.4 is 5.73 Å². The predicted molar refractivity (Wildman–Crippen MR) is 58.5 cm³/mol. The molecule has 0 bridgehead atoms. The largest absolute Gasteiger partial charge is 0.507 e. The molecule has 2 rings (SSSR count). The summed E-state index contributed by atoms with van der Waals surface area (Å²) in [7, 11) is 0. The van der Waals surface area contributed by atoms with Gasteiger partial charge in [-0.3, -0.25) is 0 Å². The molecule has 0 radical (unpaired) electrons. The highest BCUT2D eigenvalue weighted by Crippen LogP contribution is 2.32. The first kappa shape index (κ1) is 9.31. The van der Waals surface area contributed by atoms with E-state index >= 15 is 0 Å². The third-order valence-electron chi connectivity index (χ3n) is 2.20. The summed E-state index contributed by atoms with van der Waals surface area (Å²) in [4.78, 5) is 0. The molecule has 0 saturated heterocycles. The molecule has 0 unspecified atom stereocenters. The van der Waals surface area contributed by atoms with Crippen molar-refractivity contribution >= 4 is 22.4 Å². The topological polar surface area (TPSA) is 46.2 Å². The van der Waals surface area contributed by atoms with Crippen LogP contribution in [-0.4, -0.2) is 5.11 Å². The molecule has 0 fully saturated rings. The molecule has 72 valence electrons. The first-order valence-electron chi connectivity index (χ1n) is 4.32. The number of hydrogen-bond donors (Lipinski definition) is 2. The highest BCUT2D eigenvalue weighted by molar-refractivity contribution is 6.36. The first-order chi connectivity index (χ1) is 6.72. The molecule has 0 saturated carbocycles. The molecular weight excluding hydrogens is 198 g/mol. The van der Waals surface area contributed by atoms with E-state index in [1.54, 1.807) is 12.1 Å². The Morgan fingerprint density at radius 2 is 2.07 bits per heavy atom. The van der Waals surface area contributed by atoms with E-state index in [1.807, 2.05) is 18.2 Å². The van der Waals surface area contributed by atoms with Crippen molar-refractivity contribution in [1.29, 1.82) is 0 Å². The number of rotatable bonds is 1. The zero-order chi connectivity index (χ0) is 10.1. The third kappa shape index (κ3) is 1.43. The monoisotopic (exact) mass is 207 g/mol. The van der Waals surface area contributed by atoms with Crippen molar-refractivity contribution in [2.45, 2.75) is 6.54 Å². The lowest BCUT2D eigenvalue weighted by atomic mass is 10.1. The number of aromatic hydroxyl groups is 1. The lowest BCUT2D eigenvalue weighted by molar-refractivity contribution is 0.481. The number of fused-ring (bicyclic) bond motifs is 1. The van der Waals surface area contributed by atoms with Crippen molar-refractivity contribution < 1.29 is 5.11 Å². The van der Waals surface area contributed by atoms with E-state index in [2.05, 4.69) is 0 Å². The Kier molecular flexibility index (Phi) is 2.32. The summed E-state index contributed by atoms with van der Waals surface area (Å²) in [5.41, 5.74) is 6.40. The highest BCUT2D eigenvalue weighted by atomic mass is 35.5. The average molecular weight is 208 g/mol. The normalized spacial score (nSPS) is 10.7. The molecule has 3 heteroatoms. The maximum atomic E-state index is 9.72. The standard InChI is InChI=1S/C11H10ClNO/c12-9-3-1-2-8-4-7(6-13)5-10(14)11(8)9/h1-5,14H,6,13H2. The lowest BCUT2D eigenvalue weighted by Crippen LogP contribution is -1.95. The predicted octanol–water partition coefficient (Wildman–Crippen LogP) is 2.66. The smallest absolute Gasteiger partial charge is 0.125 e. The third-order valence-corrected chi connectivity index (χ3v) is 2.52. The Morgan fingerprint density at radius 3 is 2.79 bits per heavy atom. The van der Waals surface area contributed by atoms with Crippen LogP contribution in [0, 0.1) is 0 Å². The van der Waals surface area contributed by atoms with Crippen LogP contribution in [0.1, 0.15) is 5.56 Å². The molecule has 0 aliphatic heterocycles. The number of phenolic OH excluding ortho intramolecular Hbond substituents is 1. The molecular formula is C11H10ClNO. The summed E-state index contributed by atoms with van der Waals surface area (Å²) in [6.45, 7) is 0.413. The van der Waals surface area contributed by atoms with Gasteiger partial charge in [0.1, 0.15) is 5.75 Å². The minimum absolute atomic E-state index is 0.188. The zero-order valence-corrected chi connectivity index (χ0v) is 8.25. The van der Waals surface area contributed by atoms with Crippen molar-refractivity contribution in [3.63, 3.8) is 0 Å². The first-order valence-corrected chi connectivity index (χ1v) is 4.70. The van der Waals surface area contributed by atoms with E-state index in [1.165, 1.54) is 0 Å². The Bertz CT molecular complexity index is 482. The summed E-state index contributed by atoms with van der Waals surface area (Å²) >= 11 is 5.97. The van der Waals surface area contributed by atoms with Crippen molar-refractivity contribution in [2.75, 3.05) is 0 Å². The highest BCUT2D eigenvalue weighted by Gasteiger charge is 2.05. The Labute approximate surface area is 86.9 Å². The van der Waals surface area contributed by atoms with E-state index in [0.717, 1.165) is 10.9 Å². The number of halogens is 1. The van der Waals surface area contributed by atoms with Gasteiger partial charge in [0.05, 0.1) is 5.02 Å². The van der Waals surface area contributed by atoms with Crippen molar-refractivity contribution in [3.05, 3.63) is 40.9 Å². The van der Waals surface area contributed by atoms with Crippen LogP contribution in [0.25, 0.3) is 10.8 Å². The number of benzene rings is 2. The maximum absolute atomic E-state index is 9.72. The minimum atomic E-state index is 0.188. The van der Waals surface area contributed by atoms with Gasteiger partial charge in [0.15, 0.2) is 0 Å². The summed E-state index contributed by atoms with van der Waals surface area (Å²) in [6, 6.07) is 9.09. The van der Waals surface area contributed by atoms with Crippen LogP contribution in [0.5, 0.6) is 5.75 Å². The van der Waals surface area contributed by atoms with Gasteiger partial charge in [-0.2, -0.15) is 0 Å². The number of hydrogen-bond acceptors (Lipinski definition) is 2. The van der Waals surface area contributed by atoms with Gasteiger partial charge in [-0.05, 0) is 29.1 Å². The van der Waals surface area contributed by atoms with E-state index in [9.17, 15) is 5.11 Å². The second-order valence-electron chi connectivity index (χ2n) is 3.16. The lowest BCUT2D eigenvalue weighted by Gasteiger charge is -2.05. The molecule has 0 atom stereocenters. The van der Waals surface area contributed by atoms with Gasteiger partial charge in [0.2, 0.25) is 0 Å². The van der Waals surface area contributed by atoms with Gasteiger partial charge in [0, 0.05) is 11.9 Å². The van der Waals surface area contributed by atoms with Crippen LogP contribution in [0.2, 0.25) is 5.02 Å². The quantitative estimate of drug-likeness (QED) is 0.755. The molecule has 14 heavy (non-hydrogen) atoms. The summed E-state index contributed by atoms with van der Waals surface area (Å²) in [5.74, 6) is 0.188. The fourth-order valence-corrected chi connectivity index (χ4v) is 1.82. The van der Waals surface area contributed by atoms with Crippen LogP contribution >= 0.6 is 11.6 Å². The van der Waals surface area contributed by atoms with E-state index in [4.69, 9.17) is 17.3 Å². The minimum Gasteiger partial charge on any atom is -0.507 e. The fourth-order valence-electron chi connectivity index (χ4n) is 1.54. The molecule has 0 aliphatic rings. The Hall–Kier alpha value is -1.25. The van der Waals surface area contributed by atoms with Crippen molar-refractivity contribution in [3.8, 4) is 5.75 Å². The second-order valence-corrected chi connectivity index (χ2v) is 3.56.